The minimum atomic E-state index is -1.47. The molecule has 3 aromatic rings. The normalized spacial score (nSPS) is 13.8. The molecule has 0 radical (unpaired) electrons. The van der Waals surface area contributed by atoms with Crippen LogP contribution in [0.3, 0.4) is 0 Å². The van der Waals surface area contributed by atoms with E-state index in [-0.39, 0.29) is 56.6 Å². The third kappa shape index (κ3) is 11.5. The van der Waals surface area contributed by atoms with Gasteiger partial charge in [-0.05, 0) is 59.6 Å². The smallest absolute Gasteiger partial charge is 0.407 e. The Hall–Kier alpha value is -6.53. The third-order valence-corrected chi connectivity index (χ3v) is 9.08. The number of carbonyl (C=O) groups excluding carboxylic acids is 5. The van der Waals surface area contributed by atoms with E-state index in [4.69, 9.17) is 25.8 Å². The number of carboxylic acids is 1. The molecule has 2 aromatic carbocycles. The van der Waals surface area contributed by atoms with E-state index in [1.807, 2.05) is 48.5 Å². The predicted octanol–water partition coefficient (Wildman–Crippen LogP) is 1.25. The Morgan fingerprint density at radius 2 is 1.52 bits per heavy atom. The van der Waals surface area contributed by atoms with E-state index in [0.717, 1.165) is 28.5 Å². The van der Waals surface area contributed by atoms with Gasteiger partial charge < -0.3 is 46.8 Å². The fourth-order valence-electron chi connectivity index (χ4n) is 6.03. The standard InChI is InChI=1S/C37H47N9O10/c1-4-21(3)31(35(52)56-46-19-29(44-45-46)34(51)54-5-2)43-33(50)28(16-17-30(47)48)41-32(49)27(15-10-18-40-36(38)39)42-37(53)55-20-26-24-13-8-6-11-22(24)23-12-7-9-14-25(23)26/h6-9,11-14,19,21,26-28,31H,4-5,10,15-18,20H2,1-3H3,(H,41,49)(H,42,53)(H,43,50)(H,47,48)(H4,38,39,40)/t21-,27-,28-,31-/m0/s1. The quantitative estimate of drug-likeness (QED) is 0.0310. The number of rotatable bonds is 20. The number of hydrogen-bond donors (Lipinski definition) is 6. The van der Waals surface area contributed by atoms with Crippen LogP contribution in [0, 0.1) is 5.92 Å². The Bertz CT molecular complexity index is 1870. The number of nitrogens with zero attached hydrogens (tertiary/aromatic N) is 4. The minimum absolute atomic E-state index is 0.00753. The van der Waals surface area contributed by atoms with E-state index in [2.05, 4.69) is 31.3 Å². The first kappa shape index (κ1) is 42.2. The van der Waals surface area contributed by atoms with Crippen molar-refractivity contribution in [3.8, 4) is 11.1 Å². The summed E-state index contributed by atoms with van der Waals surface area (Å²) in [7, 11) is 0. The van der Waals surface area contributed by atoms with Crippen molar-refractivity contribution in [1.29, 1.82) is 0 Å². The van der Waals surface area contributed by atoms with E-state index in [1.165, 1.54) is 0 Å². The fraction of sp³-hybridized carbons (Fsp3) is 0.432. The number of fused-ring (bicyclic) bond motifs is 3. The molecule has 0 spiro atoms. The molecule has 0 saturated heterocycles. The molecular formula is C37H47N9O10. The lowest BCUT2D eigenvalue weighted by Crippen LogP contribution is -2.57. The van der Waals surface area contributed by atoms with Crippen LogP contribution < -0.4 is 32.3 Å². The van der Waals surface area contributed by atoms with Gasteiger partial charge in [-0.1, -0.05) is 73.6 Å². The van der Waals surface area contributed by atoms with Gasteiger partial charge in [0.15, 0.2) is 11.7 Å². The average Bonchev–Trinajstić information content (AvgIpc) is 3.77. The maximum absolute atomic E-state index is 13.8. The molecule has 300 valence electrons. The lowest BCUT2D eigenvalue weighted by atomic mass is 9.98. The zero-order valence-corrected chi connectivity index (χ0v) is 31.3. The monoisotopic (exact) mass is 777 g/mol. The van der Waals surface area contributed by atoms with Crippen molar-refractivity contribution in [3.05, 3.63) is 71.5 Å². The highest BCUT2D eigenvalue weighted by Gasteiger charge is 2.34. The van der Waals surface area contributed by atoms with Crippen LogP contribution in [0.15, 0.2) is 59.7 Å². The summed E-state index contributed by atoms with van der Waals surface area (Å²) in [5.74, 6) is -5.68. The predicted molar refractivity (Wildman–Crippen MR) is 200 cm³/mol. The molecule has 8 N–H and O–H groups in total. The van der Waals surface area contributed by atoms with Crippen LogP contribution in [-0.4, -0.2) is 99.9 Å². The zero-order chi connectivity index (χ0) is 40.8. The largest absolute Gasteiger partial charge is 0.481 e. The van der Waals surface area contributed by atoms with Crippen LogP contribution in [0.1, 0.15) is 80.4 Å². The molecule has 0 saturated carbocycles. The molecule has 0 unspecified atom stereocenters. The number of aromatic nitrogens is 3. The summed E-state index contributed by atoms with van der Waals surface area (Å²) >= 11 is 0. The Labute approximate surface area is 322 Å². The highest BCUT2D eigenvalue weighted by atomic mass is 16.7. The molecule has 56 heavy (non-hydrogen) atoms. The number of benzene rings is 2. The first-order valence-electron chi connectivity index (χ1n) is 18.1. The Kier molecular flexibility index (Phi) is 15.3. The summed E-state index contributed by atoms with van der Waals surface area (Å²) in [5, 5.41) is 24.3. The van der Waals surface area contributed by atoms with Gasteiger partial charge >= 0.3 is 24.0 Å². The van der Waals surface area contributed by atoms with Gasteiger partial charge in [-0.3, -0.25) is 19.4 Å². The second-order valence-electron chi connectivity index (χ2n) is 13.0. The number of esters is 1. The molecule has 0 bridgehead atoms. The fourth-order valence-corrected chi connectivity index (χ4v) is 6.03. The van der Waals surface area contributed by atoms with Crippen LogP contribution in [0.2, 0.25) is 0 Å². The summed E-state index contributed by atoms with van der Waals surface area (Å²) in [6, 6.07) is 11.5. The molecule has 0 aliphatic heterocycles. The molecule has 1 aromatic heterocycles. The van der Waals surface area contributed by atoms with Gasteiger partial charge in [0.05, 0.1) is 6.61 Å². The topological polar surface area (TPSA) is 282 Å². The summed E-state index contributed by atoms with van der Waals surface area (Å²) < 4.78 is 10.5. The second kappa shape index (κ2) is 20.2. The number of nitrogens with one attached hydrogen (secondary N) is 3. The third-order valence-electron chi connectivity index (χ3n) is 9.08. The molecule has 4 atom stereocenters. The number of alkyl carbamates (subject to hydrolysis) is 1. The highest BCUT2D eigenvalue weighted by molar-refractivity contribution is 5.93. The second-order valence-corrected chi connectivity index (χ2v) is 13.0. The maximum atomic E-state index is 13.8. The van der Waals surface area contributed by atoms with Gasteiger partial charge in [0.25, 0.3) is 0 Å². The number of amides is 3. The first-order valence-corrected chi connectivity index (χ1v) is 18.1. The lowest BCUT2D eigenvalue weighted by Gasteiger charge is -2.26. The molecule has 4 rings (SSSR count). The van der Waals surface area contributed by atoms with E-state index in [1.54, 1.807) is 20.8 Å². The molecule has 1 aliphatic carbocycles. The van der Waals surface area contributed by atoms with Gasteiger partial charge in [0.1, 0.15) is 30.9 Å². The number of hydrogen-bond acceptors (Lipinski definition) is 12. The van der Waals surface area contributed by atoms with E-state index in [9.17, 15) is 33.9 Å². The number of nitrogens with two attached hydrogens (primary N) is 2. The summed E-state index contributed by atoms with van der Waals surface area (Å²) in [6.45, 7) is 5.19. The van der Waals surface area contributed by atoms with E-state index in [0.29, 0.717) is 11.3 Å². The van der Waals surface area contributed by atoms with E-state index >= 15 is 0 Å². The van der Waals surface area contributed by atoms with Gasteiger partial charge in [0.2, 0.25) is 11.8 Å². The Morgan fingerprint density at radius 3 is 2.12 bits per heavy atom. The number of ether oxygens (including phenoxy) is 2. The highest BCUT2D eigenvalue weighted by Crippen LogP contribution is 2.44. The molecule has 1 aliphatic rings. The number of aliphatic imine (C=N–C) groups is 1. The van der Waals surface area contributed by atoms with Crippen LogP contribution in [0.4, 0.5) is 4.79 Å². The average molecular weight is 778 g/mol. The molecule has 19 heteroatoms. The van der Waals surface area contributed by atoms with Crippen molar-refractivity contribution in [3.63, 3.8) is 0 Å². The zero-order valence-electron chi connectivity index (χ0n) is 31.3. The van der Waals surface area contributed by atoms with Crippen molar-refractivity contribution in [2.45, 2.75) is 76.9 Å². The van der Waals surface area contributed by atoms with Gasteiger partial charge in [0, 0.05) is 18.9 Å². The summed E-state index contributed by atoms with van der Waals surface area (Å²) in [4.78, 5) is 87.3. The summed E-state index contributed by atoms with van der Waals surface area (Å²) in [5.41, 5.74) is 14.7. The van der Waals surface area contributed by atoms with Gasteiger partial charge in [-0.15, -0.1) is 5.10 Å². The molecule has 3 amide bonds. The number of aliphatic carboxylic acids is 1. The number of carboxylic acid groups (broad SMARTS) is 1. The van der Waals surface area contributed by atoms with Crippen molar-refractivity contribution >= 4 is 41.8 Å². The van der Waals surface area contributed by atoms with Crippen LogP contribution >= 0.6 is 0 Å². The summed E-state index contributed by atoms with van der Waals surface area (Å²) in [6.07, 6.45) is -0.146. The van der Waals surface area contributed by atoms with Crippen LogP contribution in [0.25, 0.3) is 11.1 Å². The SMILES string of the molecule is CCOC(=O)c1cn(OC(=O)[C@@H](NC(=O)[C@H](CCC(=O)O)NC(=O)[C@H](CCCN=C(N)N)NC(=O)OCC2c3ccccc3-c3ccccc32)[C@@H](C)CC)nn1. The van der Waals surface area contributed by atoms with Gasteiger partial charge in [-0.25, -0.2) is 14.4 Å². The minimum Gasteiger partial charge on any atom is -0.481 e. The first-order chi connectivity index (χ1) is 26.8. The van der Waals surface area contributed by atoms with Gasteiger partial charge in [-0.2, -0.15) is 0 Å². The van der Waals surface area contributed by atoms with Crippen molar-refractivity contribution in [2.24, 2.45) is 22.4 Å². The lowest BCUT2D eigenvalue weighted by molar-refractivity contribution is -0.152. The van der Waals surface area contributed by atoms with Crippen LogP contribution in [0.5, 0.6) is 0 Å². The van der Waals surface area contributed by atoms with Crippen molar-refractivity contribution in [2.75, 3.05) is 19.8 Å². The van der Waals surface area contributed by atoms with Crippen LogP contribution in [-0.2, 0) is 28.7 Å². The van der Waals surface area contributed by atoms with E-state index < -0.39 is 66.3 Å². The van der Waals surface area contributed by atoms with Crippen molar-refractivity contribution in [1.82, 2.24) is 31.1 Å². The Balaban J connectivity index is 1.47. The molecule has 0 fully saturated rings. The molecular weight excluding hydrogens is 730 g/mol. The number of carbonyl (C=O) groups is 6. The van der Waals surface area contributed by atoms with Crippen molar-refractivity contribution < 1.29 is 48.2 Å². The molecule has 1 heterocycles. The Morgan fingerprint density at radius 1 is 0.893 bits per heavy atom. The maximum Gasteiger partial charge on any atom is 0.407 e. The molecule has 19 nitrogen and oxygen atoms in total. The number of guanidine groups is 1.